The van der Waals surface area contributed by atoms with Crippen molar-refractivity contribution in [1.29, 1.82) is 0 Å². The molecule has 0 aromatic carbocycles. The fourth-order valence-electron chi connectivity index (χ4n) is 0. The minimum atomic E-state index is 0. The van der Waals surface area contributed by atoms with Gasteiger partial charge in [-0.3, -0.25) is 0 Å². The average Bonchev–Trinajstić information content (AvgIpc) is 0. The summed E-state index contributed by atoms with van der Waals surface area (Å²) in [6.45, 7) is 0. The van der Waals surface area contributed by atoms with Gasteiger partial charge in [0, 0.05) is 0 Å². The molecule has 19 heavy (non-hydrogen) atoms. The van der Waals surface area contributed by atoms with Crippen LogP contribution >= 0.6 is 99.3 Å². The Balaban J connectivity index is 0. The molecule has 0 amide bonds. The van der Waals surface area contributed by atoms with Gasteiger partial charge in [0.2, 0.25) is 0 Å². The molecule has 0 heterocycles. The molecule has 0 nitrogen and oxygen atoms in total. The zero-order valence-corrected chi connectivity index (χ0v) is 41.9. The number of hydrogen-bond acceptors (Lipinski definition) is 0. The van der Waals surface area contributed by atoms with Crippen molar-refractivity contribution in [1.82, 2.24) is 0 Å². The Kier molecular flexibility index (Phi) is 1190. The molecule has 0 bridgehead atoms. The Labute approximate surface area is 529 Å². The predicted octanol–water partition coefficient (Wildman–Crippen LogP) is 1.66. The Morgan fingerprint density at radius 2 is 0.158 bits per heavy atom. The van der Waals surface area contributed by atoms with E-state index in [-0.39, 0.29) is 546 Å². The summed E-state index contributed by atoms with van der Waals surface area (Å²) in [7, 11) is 0. The normalized spacial score (nSPS) is 0. The SMILES string of the molecule is Cl.Cl.Cl.Cl.Cl.Cl.Cl.Cl.[Ca+2].[Ca+2].[Ca+2].[Ca+2].[Ca+2].[Ca+2].[Ca+2].[Ca+2].[Ca+2].[Ca+2].[Ca+2].[H-].[H-].[H-].[H-].[H-].[H-].[H-].[H-].[H-].[H-].[H-].[H-].[H-].[H-].[H-].[H-].[H-].[H-].[H-].[H-].[H-].[H-]. The van der Waals surface area contributed by atoms with Crippen LogP contribution in [0.5, 0.6) is 0 Å². The maximum absolute atomic E-state index is 0. The van der Waals surface area contributed by atoms with E-state index in [0.29, 0.717) is 0 Å². The molecule has 0 N–H and O–H groups in total. The van der Waals surface area contributed by atoms with E-state index >= 15 is 0 Å². The fourth-order valence-corrected chi connectivity index (χ4v) is 0. The van der Waals surface area contributed by atoms with Crippen LogP contribution in [-0.4, -0.2) is 415 Å². The maximum atomic E-state index is 0. The number of halogens is 8. The second-order valence-corrected chi connectivity index (χ2v) is 0. The van der Waals surface area contributed by atoms with Gasteiger partial charge in [-0.2, -0.15) is 0 Å². The monoisotopic (exact) mass is 750 g/mol. The summed E-state index contributed by atoms with van der Waals surface area (Å²) in [4.78, 5) is 0. The molecule has 0 aromatic heterocycles. The smallest absolute Gasteiger partial charge is 1.00 e. The molecule has 0 saturated carbocycles. The summed E-state index contributed by atoms with van der Waals surface area (Å²) in [5, 5.41) is 0. The van der Waals surface area contributed by atoms with Gasteiger partial charge < -0.3 is 31.4 Å². The summed E-state index contributed by atoms with van der Waals surface area (Å²) in [6.07, 6.45) is 0. The van der Waals surface area contributed by atoms with Gasteiger partial charge in [0.05, 0.1) is 0 Å². The van der Waals surface area contributed by atoms with Crippen LogP contribution in [0.3, 0.4) is 0 Å². The Hall–Kier alpha value is 16.2. The summed E-state index contributed by atoms with van der Waals surface area (Å²) in [6, 6.07) is 0. The third-order valence-corrected chi connectivity index (χ3v) is 0. The second-order valence-electron chi connectivity index (χ2n) is 0. The maximum Gasteiger partial charge on any atom is 2.00 e. The van der Waals surface area contributed by atoms with Crippen LogP contribution in [0.1, 0.15) is 31.4 Å². The molecule has 0 aliphatic carbocycles. The van der Waals surface area contributed by atoms with Crippen molar-refractivity contribution >= 4 is 514 Å². The zero-order valence-electron chi connectivity index (χ0n) is 33.0. The first-order valence-electron chi connectivity index (χ1n) is 0. The van der Waals surface area contributed by atoms with Crippen LogP contribution in [-0.2, 0) is 0 Å². The summed E-state index contributed by atoms with van der Waals surface area (Å²) >= 11 is 0. The molecule has 108 valence electrons. The van der Waals surface area contributed by atoms with E-state index in [1.165, 1.54) is 0 Å². The van der Waals surface area contributed by atoms with E-state index < -0.39 is 0 Å². The minimum absolute atomic E-state index is 0. The van der Waals surface area contributed by atoms with Gasteiger partial charge in [-0.25, -0.2) is 0 Å². The van der Waals surface area contributed by atoms with Gasteiger partial charge in [0.1, 0.15) is 0 Å². The second kappa shape index (κ2) is 144. The van der Waals surface area contributed by atoms with E-state index in [1.807, 2.05) is 0 Å². The van der Waals surface area contributed by atoms with Gasteiger partial charge in [0.25, 0.3) is 0 Å². The number of rotatable bonds is 0. The predicted molar refractivity (Wildman–Crippen MR) is 146 cm³/mol. The van der Waals surface area contributed by atoms with Crippen LogP contribution < -0.4 is 0 Å². The topological polar surface area (TPSA) is 0 Å². The Morgan fingerprint density at radius 3 is 0.158 bits per heavy atom. The third-order valence-electron chi connectivity index (χ3n) is 0. The average molecular weight is 755 g/mol. The summed E-state index contributed by atoms with van der Waals surface area (Å²) in [5.41, 5.74) is 0. The molecule has 0 atom stereocenters. The van der Waals surface area contributed by atoms with Gasteiger partial charge >= 0.3 is 415 Å². The van der Waals surface area contributed by atoms with Crippen LogP contribution in [0.4, 0.5) is 0 Å². The van der Waals surface area contributed by atoms with Gasteiger partial charge in [0.15, 0.2) is 0 Å². The largest absolute Gasteiger partial charge is 2.00 e. The van der Waals surface area contributed by atoms with E-state index in [0.717, 1.165) is 0 Å². The van der Waals surface area contributed by atoms with Crippen LogP contribution in [0.15, 0.2) is 0 Å². The van der Waals surface area contributed by atoms with Gasteiger partial charge in [-0.05, 0) is 0 Å². The standard InChI is InChI=1S/11Ca.8ClH.22H/h;;;;;;;;;;;8*1H;;;;;;;;;;;;;;;;;;;;;;/q11*+2;;;;;;;;;22*-1. The molecule has 0 fully saturated rings. The first-order chi connectivity index (χ1) is 0. The van der Waals surface area contributed by atoms with E-state index in [1.54, 1.807) is 0 Å². The van der Waals surface area contributed by atoms with E-state index in [4.69, 9.17) is 0 Å². The molecular weight excluding hydrogens is 724 g/mol. The Morgan fingerprint density at radius 1 is 0.158 bits per heavy atom. The van der Waals surface area contributed by atoms with Gasteiger partial charge in [-0.1, -0.05) is 0 Å². The zero-order chi connectivity index (χ0) is 0. The van der Waals surface area contributed by atoms with Crippen molar-refractivity contribution in [2.75, 3.05) is 0 Å². The molecule has 0 aromatic rings. The summed E-state index contributed by atoms with van der Waals surface area (Å²) in [5.74, 6) is 0. The first kappa shape index (κ1) is 157. The van der Waals surface area contributed by atoms with Crippen LogP contribution in [0, 0.1) is 0 Å². The summed E-state index contributed by atoms with van der Waals surface area (Å²) < 4.78 is 0. The molecule has 19 heteroatoms. The molecule has 0 aliphatic rings. The molecular formula is H30Ca11Cl8. The fraction of sp³-hybridized carbons (Fsp3) is 0. The van der Waals surface area contributed by atoms with Crippen molar-refractivity contribution < 1.29 is 31.4 Å². The minimum Gasteiger partial charge on any atom is -1.00 e. The van der Waals surface area contributed by atoms with Crippen LogP contribution in [0.2, 0.25) is 0 Å². The van der Waals surface area contributed by atoms with E-state index in [9.17, 15) is 0 Å². The number of hydrogen-bond donors (Lipinski definition) is 0. The van der Waals surface area contributed by atoms with Crippen molar-refractivity contribution in [3.63, 3.8) is 0 Å². The first-order valence-corrected chi connectivity index (χ1v) is 0. The van der Waals surface area contributed by atoms with E-state index in [2.05, 4.69) is 0 Å². The molecule has 0 rings (SSSR count). The molecule has 0 radical (unpaired) electrons. The van der Waals surface area contributed by atoms with Crippen molar-refractivity contribution in [3.8, 4) is 0 Å². The quantitative estimate of drug-likeness (QED) is 0.331. The Bertz CT molecular complexity index is 59.5. The molecule has 0 spiro atoms. The molecule has 0 saturated heterocycles. The third kappa shape index (κ3) is 135. The van der Waals surface area contributed by atoms with Gasteiger partial charge in [-0.15, -0.1) is 99.3 Å². The van der Waals surface area contributed by atoms with Crippen molar-refractivity contribution in [3.05, 3.63) is 0 Å². The molecule has 0 unspecified atom stereocenters. The van der Waals surface area contributed by atoms with Crippen molar-refractivity contribution in [2.45, 2.75) is 0 Å². The van der Waals surface area contributed by atoms with Crippen LogP contribution in [0.25, 0.3) is 0 Å². The van der Waals surface area contributed by atoms with Crippen molar-refractivity contribution in [2.24, 2.45) is 0 Å². The molecule has 0 aliphatic heterocycles.